The highest BCUT2D eigenvalue weighted by molar-refractivity contribution is 7.99. The molecule has 0 heterocycles. The number of benzene rings is 1. The molecular formula is C14H20N2OS. The van der Waals surface area contributed by atoms with Crippen molar-refractivity contribution in [2.45, 2.75) is 37.0 Å². The van der Waals surface area contributed by atoms with Gasteiger partial charge in [-0.3, -0.25) is 4.79 Å². The lowest BCUT2D eigenvalue weighted by molar-refractivity contribution is 0.0929. The third-order valence-electron chi connectivity index (χ3n) is 3.49. The van der Waals surface area contributed by atoms with E-state index in [4.69, 9.17) is 5.73 Å². The summed E-state index contributed by atoms with van der Waals surface area (Å²) in [6.07, 6.45) is 6.90. The van der Waals surface area contributed by atoms with Gasteiger partial charge in [-0.25, -0.2) is 0 Å². The molecule has 1 aromatic rings. The Morgan fingerprint density at radius 1 is 1.28 bits per heavy atom. The van der Waals surface area contributed by atoms with Crippen LogP contribution < -0.4 is 11.1 Å². The van der Waals surface area contributed by atoms with Crippen molar-refractivity contribution in [3.8, 4) is 0 Å². The normalized spacial score (nSPS) is 23.6. The predicted molar refractivity (Wildman–Crippen MR) is 77.9 cm³/mol. The van der Waals surface area contributed by atoms with Gasteiger partial charge < -0.3 is 11.1 Å². The van der Waals surface area contributed by atoms with E-state index in [9.17, 15) is 4.79 Å². The van der Waals surface area contributed by atoms with Crippen LogP contribution in [0.4, 0.5) is 5.69 Å². The molecule has 1 aliphatic carbocycles. The highest BCUT2D eigenvalue weighted by Crippen LogP contribution is 2.27. The van der Waals surface area contributed by atoms with E-state index in [2.05, 4.69) is 11.6 Å². The first-order valence-electron chi connectivity index (χ1n) is 6.40. The molecule has 1 amide bonds. The minimum Gasteiger partial charge on any atom is -0.399 e. The van der Waals surface area contributed by atoms with Crippen molar-refractivity contribution in [1.29, 1.82) is 0 Å². The van der Waals surface area contributed by atoms with Crippen molar-refractivity contribution >= 4 is 23.4 Å². The fourth-order valence-electron chi connectivity index (χ4n) is 2.43. The number of hydrogen-bond donors (Lipinski definition) is 2. The number of hydrogen-bond acceptors (Lipinski definition) is 3. The Hall–Kier alpha value is -1.16. The zero-order valence-corrected chi connectivity index (χ0v) is 11.5. The van der Waals surface area contributed by atoms with E-state index in [1.807, 2.05) is 11.8 Å². The van der Waals surface area contributed by atoms with Gasteiger partial charge in [-0.05, 0) is 43.4 Å². The van der Waals surface area contributed by atoms with Crippen LogP contribution in [0.15, 0.2) is 24.3 Å². The van der Waals surface area contributed by atoms with E-state index in [0.717, 1.165) is 6.42 Å². The number of nitrogens with one attached hydrogen (secondary N) is 1. The lowest BCUT2D eigenvalue weighted by Crippen LogP contribution is -2.43. The summed E-state index contributed by atoms with van der Waals surface area (Å²) in [4.78, 5) is 12.1. The maximum absolute atomic E-state index is 12.1. The Labute approximate surface area is 113 Å². The average molecular weight is 264 g/mol. The highest BCUT2D eigenvalue weighted by atomic mass is 32.2. The standard InChI is InChI=1S/C14H20N2OS/c1-18-13-5-3-2-4-12(13)16-14(17)10-6-8-11(15)9-7-10/h6-9,12-13H,2-5,15H2,1H3,(H,16,17). The smallest absolute Gasteiger partial charge is 0.251 e. The summed E-state index contributed by atoms with van der Waals surface area (Å²) in [6.45, 7) is 0. The average Bonchev–Trinajstić information content (AvgIpc) is 2.40. The van der Waals surface area contributed by atoms with Gasteiger partial charge in [0.15, 0.2) is 0 Å². The molecule has 2 rings (SSSR count). The van der Waals surface area contributed by atoms with Crippen LogP contribution >= 0.6 is 11.8 Å². The van der Waals surface area contributed by atoms with Crippen LogP contribution in [0, 0.1) is 0 Å². The minimum absolute atomic E-state index is 0.0148. The van der Waals surface area contributed by atoms with Gasteiger partial charge in [-0.1, -0.05) is 12.8 Å². The second kappa shape index (κ2) is 6.14. The lowest BCUT2D eigenvalue weighted by Gasteiger charge is -2.30. The number of carbonyl (C=O) groups is 1. The van der Waals surface area contributed by atoms with Gasteiger partial charge in [0.05, 0.1) is 0 Å². The van der Waals surface area contributed by atoms with E-state index < -0.39 is 0 Å². The number of carbonyl (C=O) groups excluding carboxylic acids is 1. The molecule has 1 aliphatic rings. The van der Waals surface area contributed by atoms with E-state index in [1.54, 1.807) is 24.3 Å². The van der Waals surface area contributed by atoms with Gasteiger partial charge in [0.25, 0.3) is 5.91 Å². The van der Waals surface area contributed by atoms with Crippen LogP contribution in [0.2, 0.25) is 0 Å². The summed E-state index contributed by atoms with van der Waals surface area (Å²) in [7, 11) is 0. The largest absolute Gasteiger partial charge is 0.399 e. The zero-order valence-electron chi connectivity index (χ0n) is 10.7. The number of thioether (sulfide) groups is 1. The van der Waals surface area contributed by atoms with Gasteiger partial charge in [-0.15, -0.1) is 0 Å². The predicted octanol–water partition coefficient (Wildman–Crippen LogP) is 2.67. The topological polar surface area (TPSA) is 55.1 Å². The summed E-state index contributed by atoms with van der Waals surface area (Å²) >= 11 is 1.86. The van der Waals surface area contributed by atoms with Gasteiger partial charge in [0.2, 0.25) is 0 Å². The van der Waals surface area contributed by atoms with Crippen LogP contribution in [0.1, 0.15) is 36.0 Å². The van der Waals surface area contributed by atoms with Gasteiger partial charge >= 0.3 is 0 Å². The van der Waals surface area contributed by atoms with Crippen LogP contribution in [0.3, 0.4) is 0 Å². The molecule has 1 aromatic carbocycles. The second-order valence-corrected chi connectivity index (χ2v) is 5.84. The fourth-order valence-corrected chi connectivity index (χ4v) is 3.37. The van der Waals surface area contributed by atoms with E-state index >= 15 is 0 Å². The van der Waals surface area contributed by atoms with Gasteiger partial charge in [0, 0.05) is 22.5 Å². The molecule has 1 fully saturated rings. The van der Waals surface area contributed by atoms with E-state index in [0.29, 0.717) is 22.5 Å². The highest BCUT2D eigenvalue weighted by Gasteiger charge is 2.25. The summed E-state index contributed by atoms with van der Waals surface area (Å²) in [5.74, 6) is 0.0148. The maximum atomic E-state index is 12.1. The maximum Gasteiger partial charge on any atom is 0.251 e. The summed E-state index contributed by atoms with van der Waals surface area (Å²) < 4.78 is 0. The molecule has 4 heteroatoms. The van der Waals surface area contributed by atoms with Crippen molar-refractivity contribution in [3.63, 3.8) is 0 Å². The first-order chi connectivity index (χ1) is 8.70. The molecule has 98 valence electrons. The minimum atomic E-state index is 0.0148. The van der Waals surface area contributed by atoms with Gasteiger partial charge in [0.1, 0.15) is 0 Å². The van der Waals surface area contributed by atoms with Crippen molar-refractivity contribution < 1.29 is 4.79 Å². The molecule has 18 heavy (non-hydrogen) atoms. The van der Waals surface area contributed by atoms with E-state index in [1.165, 1.54) is 19.3 Å². The monoisotopic (exact) mass is 264 g/mol. The molecule has 3 nitrogen and oxygen atoms in total. The molecule has 3 N–H and O–H groups in total. The summed E-state index contributed by atoms with van der Waals surface area (Å²) in [5, 5.41) is 3.71. The Bertz CT molecular complexity index is 405. The number of nitrogens with two attached hydrogens (primary N) is 1. The molecule has 2 unspecified atom stereocenters. The third-order valence-corrected chi connectivity index (χ3v) is 4.66. The zero-order chi connectivity index (χ0) is 13.0. The molecule has 0 radical (unpaired) electrons. The summed E-state index contributed by atoms with van der Waals surface area (Å²) in [5.41, 5.74) is 7.00. The summed E-state index contributed by atoms with van der Waals surface area (Å²) in [6, 6.07) is 7.39. The molecular weight excluding hydrogens is 244 g/mol. The van der Waals surface area contributed by atoms with E-state index in [-0.39, 0.29) is 5.91 Å². The molecule has 2 atom stereocenters. The third kappa shape index (κ3) is 3.19. The van der Waals surface area contributed by atoms with Crippen LogP contribution in [0.25, 0.3) is 0 Å². The molecule has 0 saturated heterocycles. The molecule has 0 aliphatic heterocycles. The van der Waals surface area contributed by atoms with Crippen molar-refractivity contribution in [3.05, 3.63) is 29.8 Å². The fraction of sp³-hybridized carbons (Fsp3) is 0.500. The van der Waals surface area contributed by atoms with Crippen molar-refractivity contribution in [2.24, 2.45) is 0 Å². The Kier molecular flexibility index (Phi) is 4.53. The number of nitrogen functional groups attached to an aromatic ring is 1. The molecule has 0 spiro atoms. The van der Waals surface area contributed by atoms with Gasteiger partial charge in [-0.2, -0.15) is 11.8 Å². The van der Waals surface area contributed by atoms with Crippen molar-refractivity contribution in [2.75, 3.05) is 12.0 Å². The lowest BCUT2D eigenvalue weighted by atomic mass is 9.94. The molecule has 1 saturated carbocycles. The van der Waals surface area contributed by atoms with Crippen LogP contribution in [-0.2, 0) is 0 Å². The van der Waals surface area contributed by atoms with Crippen LogP contribution in [-0.4, -0.2) is 23.5 Å². The Morgan fingerprint density at radius 2 is 1.94 bits per heavy atom. The first-order valence-corrected chi connectivity index (χ1v) is 7.68. The number of anilines is 1. The molecule has 0 aromatic heterocycles. The Balaban J connectivity index is 1.99. The van der Waals surface area contributed by atoms with Crippen molar-refractivity contribution in [1.82, 2.24) is 5.32 Å². The Morgan fingerprint density at radius 3 is 2.61 bits per heavy atom. The SMILES string of the molecule is CSC1CCCCC1NC(=O)c1ccc(N)cc1. The quantitative estimate of drug-likeness (QED) is 0.825. The van der Waals surface area contributed by atoms with Crippen LogP contribution in [0.5, 0.6) is 0 Å². The molecule has 0 bridgehead atoms. The second-order valence-electron chi connectivity index (χ2n) is 4.76. The number of amides is 1. The first kappa shape index (κ1) is 13.3. The number of rotatable bonds is 3.